The number of hydrogen-bond acceptors (Lipinski definition) is 3. The molecule has 0 bridgehead atoms. The summed E-state index contributed by atoms with van der Waals surface area (Å²) in [6, 6.07) is 9.92. The SMILES string of the molecule is O=C(NS(=O)(=O)c1ccc(Cl)cc1)c1ccc(Cl)cc1Br. The van der Waals surface area contributed by atoms with Crippen molar-refractivity contribution in [2.24, 2.45) is 0 Å². The molecule has 0 aliphatic heterocycles. The summed E-state index contributed by atoms with van der Waals surface area (Å²) in [4.78, 5) is 12.0. The molecular weight excluding hydrogens is 401 g/mol. The number of carbonyl (C=O) groups excluding carboxylic acids is 1. The molecule has 0 unspecified atom stereocenters. The Morgan fingerprint density at radius 2 is 1.57 bits per heavy atom. The Balaban J connectivity index is 2.28. The standard InChI is InChI=1S/C13H8BrCl2NO3S/c14-12-7-9(16)3-6-11(12)13(18)17-21(19,20)10-4-1-8(15)2-5-10/h1-7H,(H,17,18). The number of halogens is 3. The fourth-order valence-electron chi connectivity index (χ4n) is 1.52. The summed E-state index contributed by atoms with van der Waals surface area (Å²) in [6.45, 7) is 0. The van der Waals surface area contributed by atoms with Gasteiger partial charge in [-0.2, -0.15) is 0 Å². The first-order valence-corrected chi connectivity index (χ1v) is 8.60. The van der Waals surface area contributed by atoms with E-state index < -0.39 is 15.9 Å². The molecule has 0 aromatic heterocycles. The van der Waals surface area contributed by atoms with Crippen molar-refractivity contribution in [1.82, 2.24) is 4.72 Å². The maximum absolute atomic E-state index is 12.1. The van der Waals surface area contributed by atoms with Crippen molar-refractivity contribution in [3.8, 4) is 0 Å². The van der Waals surface area contributed by atoms with Gasteiger partial charge in [0, 0.05) is 14.5 Å². The number of carbonyl (C=O) groups is 1. The fraction of sp³-hybridized carbons (Fsp3) is 0. The van der Waals surface area contributed by atoms with Gasteiger partial charge in [0.2, 0.25) is 0 Å². The van der Waals surface area contributed by atoms with Gasteiger partial charge < -0.3 is 0 Å². The van der Waals surface area contributed by atoms with Crippen LogP contribution >= 0.6 is 39.1 Å². The van der Waals surface area contributed by atoms with Crippen LogP contribution in [0.1, 0.15) is 10.4 Å². The Morgan fingerprint density at radius 3 is 2.14 bits per heavy atom. The Morgan fingerprint density at radius 1 is 1.00 bits per heavy atom. The third kappa shape index (κ3) is 3.97. The lowest BCUT2D eigenvalue weighted by molar-refractivity contribution is 0.0980. The lowest BCUT2D eigenvalue weighted by atomic mass is 10.2. The second-order valence-electron chi connectivity index (χ2n) is 4.01. The summed E-state index contributed by atoms with van der Waals surface area (Å²) >= 11 is 14.6. The molecule has 21 heavy (non-hydrogen) atoms. The summed E-state index contributed by atoms with van der Waals surface area (Å²) in [5.74, 6) is -0.756. The van der Waals surface area contributed by atoms with Gasteiger partial charge in [-0.15, -0.1) is 0 Å². The van der Waals surface area contributed by atoms with E-state index >= 15 is 0 Å². The predicted molar refractivity (Wildman–Crippen MR) is 85.3 cm³/mol. The van der Waals surface area contributed by atoms with Gasteiger partial charge in [0.15, 0.2) is 0 Å². The zero-order chi connectivity index (χ0) is 15.6. The second kappa shape index (κ2) is 6.36. The van der Waals surface area contributed by atoms with Crippen LogP contribution in [-0.2, 0) is 10.0 Å². The van der Waals surface area contributed by atoms with E-state index in [9.17, 15) is 13.2 Å². The molecule has 0 fully saturated rings. The van der Waals surface area contributed by atoms with Gasteiger partial charge in [-0.3, -0.25) is 4.79 Å². The summed E-state index contributed by atoms with van der Waals surface area (Å²) in [5, 5.41) is 0.833. The van der Waals surface area contributed by atoms with Gasteiger partial charge in [0.05, 0.1) is 10.5 Å². The van der Waals surface area contributed by atoms with Gasteiger partial charge in [0.25, 0.3) is 15.9 Å². The maximum atomic E-state index is 12.1. The molecule has 2 aromatic rings. The number of benzene rings is 2. The number of amides is 1. The van der Waals surface area contributed by atoms with Crippen molar-refractivity contribution >= 4 is 55.1 Å². The summed E-state index contributed by atoms with van der Waals surface area (Å²) in [7, 11) is -3.96. The van der Waals surface area contributed by atoms with E-state index in [4.69, 9.17) is 23.2 Å². The molecule has 4 nitrogen and oxygen atoms in total. The van der Waals surface area contributed by atoms with Crippen LogP contribution in [-0.4, -0.2) is 14.3 Å². The monoisotopic (exact) mass is 407 g/mol. The van der Waals surface area contributed by atoms with Crippen LogP contribution in [0.25, 0.3) is 0 Å². The highest BCUT2D eigenvalue weighted by molar-refractivity contribution is 9.10. The number of rotatable bonds is 3. The first kappa shape index (κ1) is 16.3. The van der Waals surface area contributed by atoms with Crippen molar-refractivity contribution < 1.29 is 13.2 Å². The molecule has 0 aliphatic rings. The quantitative estimate of drug-likeness (QED) is 0.838. The van der Waals surface area contributed by atoms with Gasteiger partial charge in [-0.05, 0) is 58.4 Å². The highest BCUT2D eigenvalue weighted by Crippen LogP contribution is 2.22. The summed E-state index contributed by atoms with van der Waals surface area (Å²) in [5.41, 5.74) is 0.164. The molecule has 0 atom stereocenters. The number of sulfonamides is 1. The zero-order valence-electron chi connectivity index (χ0n) is 10.3. The molecule has 0 radical (unpaired) electrons. The normalized spacial score (nSPS) is 11.2. The summed E-state index contributed by atoms with van der Waals surface area (Å²) in [6.07, 6.45) is 0. The molecule has 0 aliphatic carbocycles. The molecule has 2 aromatic carbocycles. The number of hydrogen-bond donors (Lipinski definition) is 1. The first-order valence-electron chi connectivity index (χ1n) is 5.57. The topological polar surface area (TPSA) is 63.2 Å². The Kier molecular flexibility index (Phi) is 4.93. The smallest absolute Gasteiger partial charge is 0.266 e. The van der Waals surface area contributed by atoms with Crippen LogP contribution in [0.3, 0.4) is 0 Å². The largest absolute Gasteiger partial charge is 0.268 e. The van der Waals surface area contributed by atoms with Crippen LogP contribution in [0.15, 0.2) is 51.8 Å². The molecule has 0 heterocycles. The zero-order valence-corrected chi connectivity index (χ0v) is 14.2. The molecular formula is C13H8BrCl2NO3S. The Hall–Kier alpha value is -1.08. The van der Waals surface area contributed by atoms with Crippen LogP contribution in [0.5, 0.6) is 0 Å². The summed E-state index contributed by atoms with van der Waals surface area (Å²) < 4.78 is 26.6. The van der Waals surface area contributed by atoms with Crippen molar-refractivity contribution in [2.45, 2.75) is 4.90 Å². The molecule has 1 amide bonds. The third-order valence-electron chi connectivity index (χ3n) is 2.53. The lowest BCUT2D eigenvalue weighted by Crippen LogP contribution is -2.30. The molecule has 0 saturated heterocycles. The predicted octanol–water partition coefficient (Wildman–Crippen LogP) is 3.87. The van der Waals surface area contributed by atoms with Gasteiger partial charge in [-0.1, -0.05) is 23.2 Å². The van der Waals surface area contributed by atoms with E-state index in [1.165, 1.54) is 42.5 Å². The second-order valence-corrected chi connectivity index (χ2v) is 7.42. The lowest BCUT2D eigenvalue weighted by Gasteiger charge is -2.08. The maximum Gasteiger partial charge on any atom is 0.266 e. The van der Waals surface area contributed by atoms with Gasteiger partial charge >= 0.3 is 0 Å². The average molecular weight is 409 g/mol. The van der Waals surface area contributed by atoms with E-state index in [2.05, 4.69) is 15.9 Å². The van der Waals surface area contributed by atoms with E-state index in [1.54, 1.807) is 0 Å². The van der Waals surface area contributed by atoms with E-state index in [0.29, 0.717) is 14.5 Å². The molecule has 0 spiro atoms. The number of nitrogens with one attached hydrogen (secondary N) is 1. The van der Waals surface area contributed by atoms with Crippen molar-refractivity contribution in [3.05, 3.63) is 62.5 Å². The minimum Gasteiger partial charge on any atom is -0.268 e. The Labute approximate surface area is 140 Å². The van der Waals surface area contributed by atoms with Crippen molar-refractivity contribution in [2.75, 3.05) is 0 Å². The van der Waals surface area contributed by atoms with E-state index in [1.807, 2.05) is 4.72 Å². The van der Waals surface area contributed by atoms with Crippen LogP contribution in [0, 0.1) is 0 Å². The highest BCUT2D eigenvalue weighted by Gasteiger charge is 2.20. The van der Waals surface area contributed by atoms with Crippen molar-refractivity contribution in [1.29, 1.82) is 0 Å². The van der Waals surface area contributed by atoms with Crippen LogP contribution in [0.2, 0.25) is 10.0 Å². The minimum absolute atomic E-state index is 0.0506. The fourth-order valence-corrected chi connectivity index (χ4v) is 3.48. The molecule has 110 valence electrons. The van der Waals surface area contributed by atoms with Crippen LogP contribution in [0.4, 0.5) is 0 Å². The molecule has 0 saturated carbocycles. The van der Waals surface area contributed by atoms with E-state index in [-0.39, 0.29) is 10.5 Å². The van der Waals surface area contributed by atoms with Gasteiger partial charge in [0.1, 0.15) is 0 Å². The third-order valence-corrected chi connectivity index (χ3v) is 5.02. The minimum atomic E-state index is -3.96. The molecule has 8 heteroatoms. The Bertz CT molecular complexity index is 792. The highest BCUT2D eigenvalue weighted by atomic mass is 79.9. The van der Waals surface area contributed by atoms with Crippen molar-refractivity contribution in [3.63, 3.8) is 0 Å². The average Bonchev–Trinajstić information content (AvgIpc) is 2.38. The van der Waals surface area contributed by atoms with E-state index in [0.717, 1.165) is 0 Å². The first-order chi connectivity index (χ1) is 9.79. The van der Waals surface area contributed by atoms with Crippen LogP contribution < -0.4 is 4.72 Å². The molecule has 1 N–H and O–H groups in total. The molecule has 2 rings (SSSR count). The van der Waals surface area contributed by atoms with Gasteiger partial charge in [-0.25, -0.2) is 13.1 Å².